The van der Waals surface area contributed by atoms with Crippen LogP contribution in [0, 0.1) is 0 Å². The Labute approximate surface area is 241 Å². The molecule has 0 saturated carbocycles. The molecule has 4 aromatic rings. The van der Waals surface area contributed by atoms with Gasteiger partial charge in [0.2, 0.25) is 5.95 Å². The van der Waals surface area contributed by atoms with Crippen molar-refractivity contribution in [2.24, 2.45) is 0 Å². The number of hydrogen-bond acceptors (Lipinski definition) is 10. The van der Waals surface area contributed by atoms with E-state index in [-0.39, 0.29) is 18.1 Å². The average Bonchev–Trinajstić information content (AvgIpc) is 3.26. The lowest BCUT2D eigenvalue weighted by molar-refractivity contribution is -0.121. The number of ether oxygens (including phenoxy) is 2. The maximum absolute atomic E-state index is 13.5. The van der Waals surface area contributed by atoms with Gasteiger partial charge in [-0.1, -0.05) is 6.08 Å². The summed E-state index contributed by atoms with van der Waals surface area (Å²) in [5, 5.41) is 3.65. The highest BCUT2D eigenvalue weighted by atomic mass is 16.5. The third-order valence-corrected chi connectivity index (χ3v) is 7.85. The molecule has 7 rings (SSSR count). The second-order valence-corrected chi connectivity index (χ2v) is 10.5. The van der Waals surface area contributed by atoms with Gasteiger partial charge in [0.05, 0.1) is 12.8 Å². The lowest BCUT2D eigenvalue weighted by atomic mass is 10.2. The van der Waals surface area contributed by atoms with E-state index in [9.17, 15) is 9.59 Å². The van der Waals surface area contributed by atoms with Crippen molar-refractivity contribution in [3.8, 4) is 17.3 Å². The number of hydrogen-bond donors (Lipinski definition) is 1. The van der Waals surface area contributed by atoms with Gasteiger partial charge in [-0.25, -0.2) is 19.3 Å². The number of anilines is 4. The van der Waals surface area contributed by atoms with E-state index in [0.717, 1.165) is 43.3 Å². The predicted molar refractivity (Wildman–Crippen MR) is 159 cm³/mol. The van der Waals surface area contributed by atoms with Crippen molar-refractivity contribution in [1.82, 2.24) is 29.2 Å². The Morgan fingerprint density at radius 1 is 1.02 bits per heavy atom. The van der Waals surface area contributed by atoms with Crippen LogP contribution >= 0.6 is 0 Å². The summed E-state index contributed by atoms with van der Waals surface area (Å²) >= 11 is 0. The Balaban J connectivity index is 1.30. The van der Waals surface area contributed by atoms with E-state index in [2.05, 4.69) is 27.1 Å². The lowest BCUT2D eigenvalue weighted by Gasteiger charge is -2.34. The fourth-order valence-corrected chi connectivity index (χ4v) is 5.56. The number of methoxy groups -OCH3 is 1. The first-order valence-electron chi connectivity index (χ1n) is 14.0. The van der Waals surface area contributed by atoms with Gasteiger partial charge in [0.25, 0.3) is 11.5 Å². The van der Waals surface area contributed by atoms with E-state index in [1.807, 2.05) is 24.3 Å². The van der Waals surface area contributed by atoms with Gasteiger partial charge < -0.3 is 24.6 Å². The van der Waals surface area contributed by atoms with Crippen LogP contribution in [0.5, 0.6) is 11.5 Å². The molecular formula is C29H31N9O4. The number of allylic oxidation sites excluding steroid dienone is 1. The molecule has 1 fully saturated rings. The molecule has 2 bridgehead atoms. The zero-order chi connectivity index (χ0) is 28.8. The summed E-state index contributed by atoms with van der Waals surface area (Å²) in [7, 11) is 3.80. The molecule has 1 amide bonds. The van der Waals surface area contributed by atoms with Gasteiger partial charge in [-0.15, -0.1) is 0 Å². The van der Waals surface area contributed by atoms with E-state index >= 15 is 0 Å². The molecule has 3 aromatic heterocycles. The number of carbonyl (C=O) groups is 1. The largest absolute Gasteiger partial charge is 0.495 e. The first-order chi connectivity index (χ1) is 20.5. The standard InChI is InChI=1S/C29H31N9O4/c1-34-12-14-35(15-13-34)21-16-19(6-7-22(21)41-2)31-29-30-17-20-26(33-29)38-24-9-8-23-27(32-24)36(25(39)18-42-23)10-4-3-5-11-37(38)28(20)40/h5-9,11,16-17H,3-4,10,12-15,18H2,1-2H3,(H,30,31,33)/b11-5-. The zero-order valence-electron chi connectivity index (χ0n) is 23.5. The SMILES string of the molecule is COc1ccc(Nc2ncc3c(=O)n4n(c3n2)-c2ccc3c(n2)N(CCC/C=C\4)C(=O)CO3)cc1N1CCN(C)CC1. The molecular weight excluding hydrogens is 538 g/mol. The quantitative estimate of drug-likeness (QED) is 0.392. The molecule has 0 unspecified atom stereocenters. The van der Waals surface area contributed by atoms with Crippen molar-refractivity contribution in [3.63, 3.8) is 0 Å². The van der Waals surface area contributed by atoms with Gasteiger partial charge in [0.1, 0.15) is 11.1 Å². The summed E-state index contributed by atoms with van der Waals surface area (Å²) in [5.74, 6) is 2.38. The second-order valence-electron chi connectivity index (χ2n) is 10.5. The number of benzene rings is 1. The van der Waals surface area contributed by atoms with Crippen LogP contribution in [0.1, 0.15) is 12.8 Å². The van der Waals surface area contributed by atoms with Crippen LogP contribution in [0.25, 0.3) is 23.1 Å². The summed E-state index contributed by atoms with van der Waals surface area (Å²) in [4.78, 5) is 46.5. The van der Waals surface area contributed by atoms with Crippen molar-refractivity contribution in [3.05, 3.63) is 53.0 Å². The third kappa shape index (κ3) is 4.51. The highest BCUT2D eigenvalue weighted by Crippen LogP contribution is 2.34. The average molecular weight is 570 g/mol. The van der Waals surface area contributed by atoms with Crippen molar-refractivity contribution in [2.75, 3.05) is 68.6 Å². The molecule has 0 radical (unpaired) electrons. The Morgan fingerprint density at radius 3 is 2.71 bits per heavy atom. The highest BCUT2D eigenvalue weighted by molar-refractivity contribution is 5.96. The topological polar surface area (TPSA) is 123 Å². The minimum atomic E-state index is -0.266. The molecule has 3 aliphatic rings. The molecule has 3 aliphatic heterocycles. The van der Waals surface area contributed by atoms with E-state index in [1.165, 1.54) is 10.9 Å². The highest BCUT2D eigenvalue weighted by Gasteiger charge is 2.28. The Morgan fingerprint density at radius 2 is 1.88 bits per heavy atom. The van der Waals surface area contributed by atoms with E-state index in [0.29, 0.717) is 53.8 Å². The fraction of sp³-hybridized carbons (Fsp3) is 0.345. The molecule has 13 nitrogen and oxygen atoms in total. The van der Waals surface area contributed by atoms with Crippen LogP contribution < -0.4 is 30.1 Å². The van der Waals surface area contributed by atoms with Gasteiger partial charge in [-0.05, 0) is 50.2 Å². The van der Waals surface area contributed by atoms with E-state index in [1.54, 1.807) is 35.0 Å². The second kappa shape index (κ2) is 10.5. The monoisotopic (exact) mass is 569 g/mol. The Hall–Kier alpha value is -4.91. The van der Waals surface area contributed by atoms with Crippen molar-refractivity contribution < 1.29 is 14.3 Å². The molecule has 42 heavy (non-hydrogen) atoms. The fourth-order valence-electron chi connectivity index (χ4n) is 5.56. The van der Waals surface area contributed by atoms with Crippen molar-refractivity contribution in [1.29, 1.82) is 0 Å². The van der Waals surface area contributed by atoms with Crippen molar-refractivity contribution >= 4 is 46.3 Å². The summed E-state index contributed by atoms with van der Waals surface area (Å²) < 4.78 is 14.4. The minimum absolute atomic E-state index is 0.0227. The number of nitrogens with zero attached hydrogens (tertiary/aromatic N) is 8. The van der Waals surface area contributed by atoms with Gasteiger partial charge in [0, 0.05) is 50.8 Å². The normalized spacial score (nSPS) is 17.8. The third-order valence-electron chi connectivity index (χ3n) is 7.85. The molecule has 1 saturated heterocycles. The number of likely N-dealkylation sites (N-methyl/N-ethyl adjacent to an activating group) is 1. The number of pyridine rings is 1. The van der Waals surface area contributed by atoms with Crippen LogP contribution in [-0.2, 0) is 4.79 Å². The first kappa shape index (κ1) is 26.0. The van der Waals surface area contributed by atoms with Gasteiger partial charge in [-0.3, -0.25) is 14.5 Å². The summed E-state index contributed by atoms with van der Waals surface area (Å²) in [5.41, 5.74) is 1.91. The van der Waals surface area contributed by atoms with Crippen LogP contribution in [-0.4, -0.2) is 88.6 Å². The number of piperazine rings is 1. The molecule has 216 valence electrons. The minimum Gasteiger partial charge on any atom is -0.495 e. The van der Waals surface area contributed by atoms with Crippen LogP contribution in [0.3, 0.4) is 0 Å². The number of rotatable bonds is 4. The zero-order valence-corrected chi connectivity index (χ0v) is 23.5. The molecule has 1 N–H and O–H groups in total. The lowest BCUT2D eigenvalue weighted by Crippen LogP contribution is -2.44. The Kier molecular flexibility index (Phi) is 6.50. The summed E-state index contributed by atoms with van der Waals surface area (Å²) in [6, 6.07) is 9.41. The number of nitrogens with one attached hydrogen (secondary N) is 1. The molecule has 13 heteroatoms. The molecule has 1 aromatic carbocycles. The molecule has 6 heterocycles. The Bertz CT molecular complexity index is 1770. The maximum Gasteiger partial charge on any atom is 0.282 e. The number of amides is 1. The maximum atomic E-state index is 13.5. The van der Waals surface area contributed by atoms with Crippen LogP contribution in [0.4, 0.5) is 23.1 Å². The number of carbonyl (C=O) groups excluding carboxylic acids is 1. The van der Waals surface area contributed by atoms with Crippen LogP contribution in [0.15, 0.2) is 47.4 Å². The molecule has 0 atom stereocenters. The van der Waals surface area contributed by atoms with E-state index in [4.69, 9.17) is 19.4 Å². The van der Waals surface area contributed by atoms with E-state index < -0.39 is 0 Å². The summed E-state index contributed by atoms with van der Waals surface area (Å²) in [6.07, 6.45) is 6.57. The number of fused-ring (bicyclic) bond motifs is 5. The predicted octanol–water partition coefficient (Wildman–Crippen LogP) is 2.47. The van der Waals surface area contributed by atoms with Gasteiger partial charge in [0.15, 0.2) is 29.6 Å². The van der Waals surface area contributed by atoms with Gasteiger partial charge in [-0.2, -0.15) is 4.98 Å². The van der Waals surface area contributed by atoms with Crippen molar-refractivity contribution in [2.45, 2.75) is 12.8 Å². The molecule has 0 spiro atoms. The molecule has 0 aliphatic carbocycles. The summed E-state index contributed by atoms with van der Waals surface area (Å²) in [6.45, 7) is 4.22. The smallest absolute Gasteiger partial charge is 0.282 e. The van der Waals surface area contributed by atoms with Crippen LogP contribution in [0.2, 0.25) is 0 Å². The first-order valence-corrected chi connectivity index (χ1v) is 14.0. The van der Waals surface area contributed by atoms with Gasteiger partial charge >= 0.3 is 0 Å². The number of aromatic nitrogens is 5.